The van der Waals surface area contributed by atoms with Gasteiger partial charge in [-0.3, -0.25) is 9.59 Å². The molecule has 0 aliphatic carbocycles. The summed E-state index contributed by atoms with van der Waals surface area (Å²) in [6.45, 7) is 0. The van der Waals surface area contributed by atoms with E-state index < -0.39 is 5.97 Å². The van der Waals surface area contributed by atoms with E-state index in [1.807, 2.05) is 48.5 Å². The normalized spacial score (nSPS) is 16.6. The molecule has 1 amide bonds. The Kier molecular flexibility index (Phi) is 5.14. The van der Waals surface area contributed by atoms with Gasteiger partial charge in [-0.05, 0) is 11.6 Å². The average molecular weight is 357 g/mol. The van der Waals surface area contributed by atoms with Gasteiger partial charge in [-0.1, -0.05) is 60.1 Å². The van der Waals surface area contributed by atoms with Crippen LogP contribution >= 0.6 is 11.6 Å². The number of carbonyl (C=O) groups is 2. The topological polar surface area (TPSA) is 70.0 Å². The van der Waals surface area contributed by atoms with Crippen molar-refractivity contribution in [2.24, 2.45) is 5.10 Å². The van der Waals surface area contributed by atoms with Crippen molar-refractivity contribution in [1.82, 2.24) is 5.01 Å². The standard InChI is InChI=1S/C19H17ClN2O3/c20-15-9-5-4-8-14(15)16-12-17(13-6-2-1-3-7-13)22(21-16)18(23)10-11-19(24)25/h1-9,17H,10-12H2,(H,24,25)/t17-/m0/s1. The lowest BCUT2D eigenvalue weighted by Crippen LogP contribution is -2.27. The molecule has 1 heterocycles. The van der Waals surface area contributed by atoms with Crippen molar-refractivity contribution >= 4 is 29.2 Å². The summed E-state index contributed by atoms with van der Waals surface area (Å²) >= 11 is 6.27. The van der Waals surface area contributed by atoms with Gasteiger partial charge in [-0.2, -0.15) is 5.10 Å². The van der Waals surface area contributed by atoms with Gasteiger partial charge >= 0.3 is 5.97 Å². The third-order valence-electron chi connectivity index (χ3n) is 4.09. The van der Waals surface area contributed by atoms with Crippen molar-refractivity contribution in [1.29, 1.82) is 0 Å². The first-order valence-electron chi connectivity index (χ1n) is 7.97. The fraction of sp³-hybridized carbons (Fsp3) is 0.211. The highest BCUT2D eigenvalue weighted by atomic mass is 35.5. The molecule has 0 aromatic heterocycles. The van der Waals surface area contributed by atoms with E-state index in [9.17, 15) is 9.59 Å². The molecule has 1 N–H and O–H groups in total. The molecule has 1 atom stereocenters. The maximum Gasteiger partial charge on any atom is 0.303 e. The largest absolute Gasteiger partial charge is 0.481 e. The number of carboxylic acids is 1. The monoisotopic (exact) mass is 356 g/mol. The Labute approximate surface area is 150 Å². The van der Waals surface area contributed by atoms with E-state index in [-0.39, 0.29) is 24.8 Å². The summed E-state index contributed by atoms with van der Waals surface area (Å²) in [5.74, 6) is -1.31. The first-order valence-corrected chi connectivity index (χ1v) is 8.35. The van der Waals surface area contributed by atoms with Crippen molar-refractivity contribution in [3.8, 4) is 0 Å². The number of hydrogen-bond acceptors (Lipinski definition) is 3. The van der Waals surface area contributed by atoms with E-state index in [0.717, 1.165) is 16.8 Å². The van der Waals surface area contributed by atoms with E-state index in [4.69, 9.17) is 16.7 Å². The van der Waals surface area contributed by atoms with Gasteiger partial charge in [0.25, 0.3) is 0 Å². The van der Waals surface area contributed by atoms with E-state index in [1.54, 1.807) is 6.07 Å². The summed E-state index contributed by atoms with van der Waals surface area (Å²) in [5.41, 5.74) is 2.47. The zero-order valence-corrected chi connectivity index (χ0v) is 14.2. The summed E-state index contributed by atoms with van der Waals surface area (Å²) in [5, 5.41) is 15.3. The number of hydrazone groups is 1. The van der Waals surface area contributed by atoms with Crippen molar-refractivity contribution in [2.45, 2.75) is 25.3 Å². The highest BCUT2D eigenvalue weighted by Gasteiger charge is 2.33. The van der Waals surface area contributed by atoms with E-state index in [1.165, 1.54) is 5.01 Å². The molecule has 1 aliphatic heterocycles. The molecule has 2 aromatic carbocycles. The molecule has 25 heavy (non-hydrogen) atoms. The second-order valence-electron chi connectivity index (χ2n) is 5.79. The molecule has 1 aliphatic rings. The second-order valence-corrected chi connectivity index (χ2v) is 6.20. The maximum absolute atomic E-state index is 12.5. The molecule has 0 fully saturated rings. The summed E-state index contributed by atoms with van der Waals surface area (Å²) < 4.78 is 0. The van der Waals surface area contributed by atoms with Crippen LogP contribution in [0.4, 0.5) is 0 Å². The Hall–Kier alpha value is -2.66. The Morgan fingerprint density at radius 2 is 1.76 bits per heavy atom. The molecule has 0 saturated carbocycles. The van der Waals surface area contributed by atoms with Crippen LogP contribution in [0.5, 0.6) is 0 Å². The van der Waals surface area contributed by atoms with Crippen LogP contribution in [0.1, 0.15) is 36.4 Å². The third-order valence-corrected chi connectivity index (χ3v) is 4.42. The fourth-order valence-electron chi connectivity index (χ4n) is 2.86. The molecule has 0 radical (unpaired) electrons. The molecular weight excluding hydrogens is 340 g/mol. The molecular formula is C19H17ClN2O3. The van der Waals surface area contributed by atoms with Crippen molar-refractivity contribution in [3.05, 3.63) is 70.7 Å². The highest BCUT2D eigenvalue weighted by molar-refractivity contribution is 6.34. The lowest BCUT2D eigenvalue weighted by molar-refractivity contribution is -0.141. The fourth-order valence-corrected chi connectivity index (χ4v) is 3.11. The van der Waals surface area contributed by atoms with Crippen LogP contribution in [0.15, 0.2) is 59.7 Å². The van der Waals surface area contributed by atoms with Gasteiger partial charge in [0.15, 0.2) is 0 Å². The van der Waals surface area contributed by atoms with Gasteiger partial charge in [0, 0.05) is 23.4 Å². The summed E-state index contributed by atoms with van der Waals surface area (Å²) in [7, 11) is 0. The minimum absolute atomic E-state index is 0.0853. The molecule has 0 unspecified atom stereocenters. The van der Waals surface area contributed by atoms with Crippen LogP contribution in [0.2, 0.25) is 5.02 Å². The van der Waals surface area contributed by atoms with Crippen LogP contribution in [-0.2, 0) is 9.59 Å². The zero-order valence-electron chi connectivity index (χ0n) is 13.4. The minimum Gasteiger partial charge on any atom is -0.481 e. The average Bonchev–Trinajstić information content (AvgIpc) is 3.06. The molecule has 5 nitrogen and oxygen atoms in total. The molecule has 0 bridgehead atoms. The van der Waals surface area contributed by atoms with Crippen molar-refractivity contribution in [2.75, 3.05) is 0 Å². The number of carboxylic acid groups (broad SMARTS) is 1. The lowest BCUT2D eigenvalue weighted by Gasteiger charge is -2.21. The smallest absolute Gasteiger partial charge is 0.303 e. The summed E-state index contributed by atoms with van der Waals surface area (Å²) in [6, 6.07) is 16.7. The number of benzene rings is 2. The molecule has 0 saturated heterocycles. The van der Waals surface area contributed by atoms with Crippen molar-refractivity contribution in [3.63, 3.8) is 0 Å². The van der Waals surface area contributed by atoms with Crippen molar-refractivity contribution < 1.29 is 14.7 Å². The Bertz CT molecular complexity index is 820. The SMILES string of the molecule is O=C(O)CCC(=O)N1N=C(c2ccccc2Cl)C[C@H]1c1ccccc1. The molecule has 0 spiro atoms. The van der Waals surface area contributed by atoms with E-state index in [0.29, 0.717) is 11.4 Å². The van der Waals surface area contributed by atoms with Crippen LogP contribution in [0.3, 0.4) is 0 Å². The predicted octanol–water partition coefficient (Wildman–Crippen LogP) is 3.88. The van der Waals surface area contributed by atoms with Crippen LogP contribution in [0.25, 0.3) is 0 Å². The number of halogens is 1. The molecule has 6 heteroatoms. The van der Waals surface area contributed by atoms with Gasteiger partial charge in [0.2, 0.25) is 5.91 Å². The second kappa shape index (κ2) is 7.49. The summed E-state index contributed by atoms with van der Waals surface area (Å²) in [4.78, 5) is 23.3. The quantitative estimate of drug-likeness (QED) is 0.883. The Balaban J connectivity index is 1.92. The van der Waals surface area contributed by atoms with Gasteiger partial charge < -0.3 is 5.11 Å². The number of rotatable bonds is 5. The highest BCUT2D eigenvalue weighted by Crippen LogP contribution is 2.34. The first kappa shape index (κ1) is 17.2. The Morgan fingerprint density at radius 1 is 1.08 bits per heavy atom. The van der Waals surface area contributed by atoms with Crippen LogP contribution in [-0.4, -0.2) is 27.7 Å². The molecule has 3 rings (SSSR count). The number of nitrogens with zero attached hydrogens (tertiary/aromatic N) is 2. The lowest BCUT2D eigenvalue weighted by atomic mass is 9.98. The number of aliphatic carboxylic acids is 1. The summed E-state index contributed by atoms with van der Waals surface area (Å²) in [6.07, 6.45) is 0.234. The van der Waals surface area contributed by atoms with Gasteiger partial charge in [-0.15, -0.1) is 0 Å². The number of hydrogen-bond donors (Lipinski definition) is 1. The molecule has 128 valence electrons. The predicted molar refractivity (Wildman–Crippen MR) is 95.5 cm³/mol. The van der Waals surface area contributed by atoms with Crippen LogP contribution in [0, 0.1) is 0 Å². The van der Waals surface area contributed by atoms with Gasteiger partial charge in [-0.25, -0.2) is 5.01 Å². The Morgan fingerprint density at radius 3 is 2.44 bits per heavy atom. The minimum atomic E-state index is -1.00. The van der Waals surface area contributed by atoms with Gasteiger partial charge in [0.1, 0.15) is 0 Å². The maximum atomic E-state index is 12.5. The van der Waals surface area contributed by atoms with E-state index in [2.05, 4.69) is 5.10 Å². The number of amides is 1. The first-order chi connectivity index (χ1) is 12.1. The zero-order chi connectivity index (χ0) is 17.8. The van der Waals surface area contributed by atoms with Crippen LogP contribution < -0.4 is 0 Å². The number of carbonyl (C=O) groups excluding carboxylic acids is 1. The van der Waals surface area contributed by atoms with E-state index >= 15 is 0 Å². The third kappa shape index (κ3) is 3.88. The molecule has 2 aromatic rings. The van der Waals surface area contributed by atoms with Gasteiger partial charge in [0.05, 0.1) is 18.2 Å².